The molecule has 132 valence electrons. The summed E-state index contributed by atoms with van der Waals surface area (Å²) in [6.07, 6.45) is 0. The summed E-state index contributed by atoms with van der Waals surface area (Å²) < 4.78 is 26.6. The Bertz CT molecular complexity index is 891. The number of hydrogen-bond donors (Lipinski definition) is 1. The Morgan fingerprint density at radius 2 is 1.64 bits per heavy atom. The van der Waals surface area contributed by atoms with Gasteiger partial charge in [0.25, 0.3) is 15.7 Å². The summed E-state index contributed by atoms with van der Waals surface area (Å²) in [5.74, 6) is -1.34. The molecule has 0 aromatic heterocycles. The summed E-state index contributed by atoms with van der Waals surface area (Å²) in [7, 11) is -4.17. The first kappa shape index (κ1) is 18.4. The fourth-order valence-corrected chi connectivity index (χ4v) is 3.83. The summed E-state index contributed by atoms with van der Waals surface area (Å²) in [4.78, 5) is 21.5. The predicted molar refractivity (Wildman–Crippen MR) is 91.0 cm³/mol. The minimum absolute atomic E-state index is 0.0288. The first-order valence-corrected chi connectivity index (χ1v) is 8.67. The Morgan fingerprint density at radius 3 is 2.08 bits per heavy atom. The van der Waals surface area contributed by atoms with Crippen LogP contribution < -0.4 is 4.31 Å². The third-order valence-electron chi connectivity index (χ3n) is 3.60. The molecule has 0 saturated heterocycles. The van der Waals surface area contributed by atoms with Crippen molar-refractivity contribution in [2.24, 2.45) is 0 Å². The maximum atomic E-state index is 12.9. The topological polar surface area (TPSA) is 118 Å². The van der Waals surface area contributed by atoms with Crippen LogP contribution in [-0.2, 0) is 14.8 Å². The first-order valence-electron chi connectivity index (χ1n) is 7.23. The van der Waals surface area contributed by atoms with Gasteiger partial charge in [-0.25, -0.2) is 13.2 Å². The minimum Gasteiger partial charge on any atom is -0.480 e. The van der Waals surface area contributed by atoms with E-state index in [1.165, 1.54) is 31.2 Å². The van der Waals surface area contributed by atoms with Gasteiger partial charge in [0, 0.05) is 12.1 Å². The standard InChI is InChI=1S/C16H16N2O6S/c1-11-3-9-15(10-4-11)25(23,24)17(12(2)16(19)20)13-5-7-14(8-6-13)18(21)22/h3-10,12H,1-2H3,(H,19,20)/t12-/m0/s1. The molecule has 9 heteroatoms. The molecule has 2 rings (SSSR count). The zero-order chi connectivity index (χ0) is 18.8. The molecule has 1 atom stereocenters. The Hall–Kier alpha value is -2.94. The largest absolute Gasteiger partial charge is 0.480 e. The van der Waals surface area contributed by atoms with Gasteiger partial charge >= 0.3 is 5.97 Å². The minimum atomic E-state index is -4.17. The SMILES string of the molecule is Cc1ccc(S(=O)(=O)N(c2ccc([N+](=O)[O-])cc2)[C@@H](C)C(=O)O)cc1. The normalized spacial score (nSPS) is 12.4. The van der Waals surface area contributed by atoms with Crippen LogP contribution in [0.5, 0.6) is 0 Å². The summed E-state index contributed by atoms with van der Waals surface area (Å²) in [6.45, 7) is 3.03. The number of nitro benzene ring substituents is 1. The number of nitro groups is 1. The highest BCUT2D eigenvalue weighted by Gasteiger charge is 2.33. The van der Waals surface area contributed by atoms with E-state index in [-0.39, 0.29) is 16.3 Å². The number of hydrogen-bond acceptors (Lipinski definition) is 5. The number of benzene rings is 2. The van der Waals surface area contributed by atoms with Crippen LogP contribution in [0.1, 0.15) is 12.5 Å². The van der Waals surface area contributed by atoms with Crippen LogP contribution in [0, 0.1) is 17.0 Å². The van der Waals surface area contributed by atoms with Gasteiger partial charge in [0.15, 0.2) is 0 Å². The predicted octanol–water partition coefficient (Wildman–Crippen LogP) is 2.57. The fraction of sp³-hybridized carbons (Fsp3) is 0.188. The van der Waals surface area contributed by atoms with E-state index < -0.39 is 27.0 Å². The Morgan fingerprint density at radius 1 is 1.12 bits per heavy atom. The molecule has 0 radical (unpaired) electrons. The van der Waals surface area contributed by atoms with Gasteiger partial charge in [-0.15, -0.1) is 0 Å². The second kappa shape index (κ2) is 6.89. The van der Waals surface area contributed by atoms with Crippen molar-refractivity contribution in [3.8, 4) is 0 Å². The summed E-state index contributed by atoms with van der Waals surface area (Å²) in [5, 5.41) is 20.1. The number of aliphatic carboxylic acids is 1. The molecule has 0 heterocycles. The van der Waals surface area contributed by atoms with Gasteiger partial charge in [0.05, 0.1) is 15.5 Å². The van der Waals surface area contributed by atoms with Gasteiger partial charge in [-0.1, -0.05) is 17.7 Å². The Kier molecular flexibility index (Phi) is 5.07. The van der Waals surface area contributed by atoms with Gasteiger partial charge in [-0.05, 0) is 38.1 Å². The highest BCUT2D eigenvalue weighted by Crippen LogP contribution is 2.28. The molecule has 0 saturated carbocycles. The van der Waals surface area contributed by atoms with E-state index in [2.05, 4.69) is 0 Å². The molecule has 25 heavy (non-hydrogen) atoms. The number of non-ortho nitro benzene ring substituents is 1. The van der Waals surface area contributed by atoms with E-state index in [9.17, 15) is 28.4 Å². The molecule has 0 bridgehead atoms. The van der Waals surface area contributed by atoms with Gasteiger partial charge in [-0.2, -0.15) is 0 Å². The molecule has 2 aromatic carbocycles. The van der Waals surface area contributed by atoms with Gasteiger partial charge in [0.2, 0.25) is 0 Å². The highest BCUT2D eigenvalue weighted by atomic mass is 32.2. The van der Waals surface area contributed by atoms with Crippen molar-refractivity contribution < 1.29 is 23.2 Å². The first-order chi connectivity index (χ1) is 11.6. The van der Waals surface area contributed by atoms with E-state index >= 15 is 0 Å². The van der Waals surface area contributed by atoms with E-state index in [0.29, 0.717) is 0 Å². The molecule has 0 aliphatic carbocycles. The average Bonchev–Trinajstić information content (AvgIpc) is 2.55. The van der Waals surface area contributed by atoms with Gasteiger partial charge < -0.3 is 5.11 Å². The fourth-order valence-electron chi connectivity index (χ4n) is 2.22. The number of nitrogens with zero attached hydrogens (tertiary/aromatic N) is 2. The molecule has 0 unspecified atom stereocenters. The van der Waals surface area contributed by atoms with Crippen LogP contribution in [-0.4, -0.2) is 30.5 Å². The van der Waals surface area contributed by atoms with Crippen molar-refractivity contribution in [3.63, 3.8) is 0 Å². The molecule has 8 nitrogen and oxygen atoms in total. The monoisotopic (exact) mass is 364 g/mol. The molecule has 0 fully saturated rings. The van der Waals surface area contributed by atoms with Crippen molar-refractivity contribution in [2.75, 3.05) is 4.31 Å². The number of anilines is 1. The van der Waals surface area contributed by atoms with Crippen molar-refractivity contribution in [3.05, 3.63) is 64.2 Å². The maximum absolute atomic E-state index is 12.9. The quantitative estimate of drug-likeness (QED) is 0.622. The van der Waals surface area contributed by atoms with Crippen LogP contribution in [0.2, 0.25) is 0 Å². The van der Waals surface area contributed by atoms with Crippen molar-refractivity contribution in [1.82, 2.24) is 0 Å². The lowest BCUT2D eigenvalue weighted by atomic mass is 10.2. The molecule has 1 N–H and O–H groups in total. The lowest BCUT2D eigenvalue weighted by Crippen LogP contribution is -2.43. The number of carboxylic acids is 1. The zero-order valence-electron chi connectivity index (χ0n) is 13.5. The Labute approximate surface area is 144 Å². The second-order valence-electron chi connectivity index (χ2n) is 5.40. The van der Waals surface area contributed by atoms with Crippen molar-refractivity contribution in [1.29, 1.82) is 0 Å². The molecular formula is C16H16N2O6S. The average molecular weight is 364 g/mol. The molecule has 0 aliphatic heterocycles. The lowest BCUT2D eigenvalue weighted by molar-refractivity contribution is -0.384. The smallest absolute Gasteiger partial charge is 0.327 e. The lowest BCUT2D eigenvalue weighted by Gasteiger charge is -2.28. The van der Waals surface area contributed by atoms with Gasteiger partial charge in [0.1, 0.15) is 6.04 Å². The number of rotatable bonds is 6. The van der Waals surface area contributed by atoms with E-state index in [1.54, 1.807) is 19.1 Å². The molecule has 0 spiro atoms. The van der Waals surface area contributed by atoms with Crippen molar-refractivity contribution >= 4 is 27.4 Å². The summed E-state index contributed by atoms with van der Waals surface area (Å²) in [5.41, 5.74) is 0.660. The van der Waals surface area contributed by atoms with Gasteiger partial charge in [-0.3, -0.25) is 14.4 Å². The third kappa shape index (κ3) is 3.77. The zero-order valence-corrected chi connectivity index (χ0v) is 14.3. The number of carbonyl (C=O) groups is 1. The Balaban J connectivity index is 2.58. The highest BCUT2D eigenvalue weighted by molar-refractivity contribution is 7.92. The summed E-state index contributed by atoms with van der Waals surface area (Å²) >= 11 is 0. The molecule has 0 aliphatic rings. The summed E-state index contributed by atoms with van der Waals surface area (Å²) in [6, 6.07) is 9.26. The van der Waals surface area contributed by atoms with Crippen LogP contribution in [0.4, 0.5) is 11.4 Å². The van der Waals surface area contributed by atoms with E-state index in [1.807, 2.05) is 0 Å². The molecule has 2 aromatic rings. The van der Waals surface area contributed by atoms with E-state index in [0.717, 1.165) is 22.0 Å². The van der Waals surface area contributed by atoms with Crippen LogP contribution in [0.3, 0.4) is 0 Å². The third-order valence-corrected chi connectivity index (χ3v) is 5.51. The number of aryl methyl sites for hydroxylation is 1. The van der Waals surface area contributed by atoms with Crippen molar-refractivity contribution in [2.45, 2.75) is 24.8 Å². The van der Waals surface area contributed by atoms with Crippen LogP contribution in [0.15, 0.2) is 53.4 Å². The molecule has 0 amide bonds. The number of sulfonamides is 1. The van der Waals surface area contributed by atoms with Crippen LogP contribution >= 0.6 is 0 Å². The number of carboxylic acid groups (broad SMARTS) is 1. The molecular weight excluding hydrogens is 348 g/mol. The van der Waals surface area contributed by atoms with E-state index in [4.69, 9.17) is 0 Å². The second-order valence-corrected chi connectivity index (χ2v) is 7.22. The maximum Gasteiger partial charge on any atom is 0.327 e. The van der Waals surface area contributed by atoms with Crippen LogP contribution in [0.25, 0.3) is 0 Å².